The summed E-state index contributed by atoms with van der Waals surface area (Å²) in [6, 6.07) is 4.08. The number of allylic oxidation sites excluding steroid dienone is 2. The molecule has 0 spiro atoms. The van der Waals surface area contributed by atoms with Crippen LogP contribution in [0.1, 0.15) is 61.3 Å². The normalized spacial score (nSPS) is 18.5. The van der Waals surface area contributed by atoms with E-state index in [1.165, 1.54) is 18.2 Å². The van der Waals surface area contributed by atoms with Crippen LogP contribution in [0.5, 0.6) is 0 Å². The van der Waals surface area contributed by atoms with Crippen LogP contribution >= 0.6 is 0 Å². The second kappa shape index (κ2) is 10.0. The van der Waals surface area contributed by atoms with Gasteiger partial charge in [-0.25, -0.2) is 9.59 Å². The number of carbonyl (C=O) groups is 4. The maximum absolute atomic E-state index is 12.9. The van der Waals surface area contributed by atoms with Gasteiger partial charge in [-0.2, -0.15) is 0 Å². The minimum absolute atomic E-state index is 0.0738. The van der Waals surface area contributed by atoms with Gasteiger partial charge in [-0.05, 0) is 58.7 Å². The van der Waals surface area contributed by atoms with E-state index >= 15 is 0 Å². The lowest BCUT2D eigenvalue weighted by Crippen LogP contribution is -2.42. The van der Waals surface area contributed by atoms with Gasteiger partial charge >= 0.3 is 11.9 Å². The number of carboxylic acid groups (broad SMARTS) is 1. The van der Waals surface area contributed by atoms with Crippen molar-refractivity contribution in [2.45, 2.75) is 40.5 Å². The van der Waals surface area contributed by atoms with E-state index in [1.54, 1.807) is 13.8 Å². The van der Waals surface area contributed by atoms with Crippen molar-refractivity contribution in [3.8, 4) is 0 Å². The Bertz CT molecular complexity index is 851. The van der Waals surface area contributed by atoms with E-state index in [0.29, 0.717) is 6.42 Å². The van der Waals surface area contributed by atoms with E-state index in [-0.39, 0.29) is 36.4 Å². The molecule has 1 aliphatic carbocycles. The van der Waals surface area contributed by atoms with Gasteiger partial charge < -0.3 is 24.7 Å². The quantitative estimate of drug-likeness (QED) is 0.533. The Balaban J connectivity index is 2.35. The summed E-state index contributed by atoms with van der Waals surface area (Å²) < 4.78 is 9.95. The van der Waals surface area contributed by atoms with Crippen molar-refractivity contribution in [2.24, 2.45) is 11.8 Å². The number of carbonyl (C=O) groups excluding carboxylic acids is 4. The molecule has 1 aromatic rings. The molecule has 0 saturated heterocycles. The first kappa shape index (κ1) is 23.1. The number of esters is 2. The molecule has 0 unspecified atom stereocenters. The van der Waals surface area contributed by atoms with Crippen molar-refractivity contribution in [1.29, 1.82) is 0 Å². The number of hydrogen-bond acceptors (Lipinski definition) is 7. The molecular formula is C22H26NO7-. The molecule has 0 saturated carbocycles. The van der Waals surface area contributed by atoms with Crippen molar-refractivity contribution in [3.63, 3.8) is 0 Å². The summed E-state index contributed by atoms with van der Waals surface area (Å²) in [5.74, 6) is -4.89. The number of amides is 1. The van der Waals surface area contributed by atoms with Gasteiger partial charge in [0.05, 0.1) is 30.3 Å². The summed E-state index contributed by atoms with van der Waals surface area (Å²) in [7, 11) is 0. The van der Waals surface area contributed by atoms with E-state index in [1.807, 2.05) is 13.8 Å². The summed E-state index contributed by atoms with van der Waals surface area (Å²) in [6.45, 7) is 7.29. The number of nitrogens with one attached hydrogen (secondary N) is 1. The van der Waals surface area contributed by atoms with Crippen molar-refractivity contribution < 1.29 is 33.8 Å². The number of aliphatic carboxylic acids is 1. The molecule has 2 atom stereocenters. The minimum atomic E-state index is -1.28. The molecule has 30 heavy (non-hydrogen) atoms. The van der Waals surface area contributed by atoms with Gasteiger partial charge in [0, 0.05) is 17.6 Å². The van der Waals surface area contributed by atoms with Crippen LogP contribution in [0.15, 0.2) is 29.3 Å². The SMILES string of the molecule is CCOC(=O)c1cc(NC(=O)[C@H]2CC(C)=C(C)C[C@@H]2C(=O)[O-])cc(C(=O)OCC)c1. The maximum atomic E-state index is 12.9. The number of carboxylic acids is 1. The molecule has 1 amide bonds. The molecule has 1 N–H and O–H groups in total. The first-order chi connectivity index (χ1) is 14.2. The summed E-state index contributed by atoms with van der Waals surface area (Å²) >= 11 is 0. The Hall–Kier alpha value is -3.16. The predicted molar refractivity (Wildman–Crippen MR) is 107 cm³/mol. The fourth-order valence-corrected chi connectivity index (χ4v) is 3.42. The first-order valence-corrected chi connectivity index (χ1v) is 9.84. The van der Waals surface area contributed by atoms with Gasteiger partial charge in [0.15, 0.2) is 0 Å². The Kier molecular flexibility index (Phi) is 7.74. The van der Waals surface area contributed by atoms with Gasteiger partial charge in [0.1, 0.15) is 0 Å². The zero-order chi connectivity index (χ0) is 22.4. The second-order valence-corrected chi connectivity index (χ2v) is 7.23. The lowest BCUT2D eigenvalue weighted by atomic mass is 9.76. The van der Waals surface area contributed by atoms with Gasteiger partial charge in [-0.1, -0.05) is 11.1 Å². The molecule has 162 valence electrons. The monoisotopic (exact) mass is 416 g/mol. The van der Waals surface area contributed by atoms with Crippen LogP contribution in [0.2, 0.25) is 0 Å². The van der Waals surface area contributed by atoms with E-state index in [9.17, 15) is 24.3 Å². The standard InChI is InChI=1S/C22H27NO7/c1-5-29-21(27)14-9-15(22(28)30-6-2)11-16(10-14)23-19(24)17-7-12(3)13(4)8-18(17)20(25)26/h9-11,17-18H,5-8H2,1-4H3,(H,23,24)(H,25,26)/p-1/t17-,18-/m0/s1. The van der Waals surface area contributed by atoms with Crippen LogP contribution in [0.25, 0.3) is 0 Å². The number of rotatable bonds is 7. The van der Waals surface area contributed by atoms with Crippen LogP contribution in [0.3, 0.4) is 0 Å². The summed E-state index contributed by atoms with van der Waals surface area (Å²) in [4.78, 5) is 48.8. The molecule has 1 aliphatic rings. The molecule has 0 aromatic heterocycles. The molecule has 8 nitrogen and oxygen atoms in total. The summed E-state index contributed by atoms with van der Waals surface area (Å²) in [5, 5.41) is 14.2. The molecule has 2 rings (SSSR count). The number of anilines is 1. The number of benzene rings is 1. The largest absolute Gasteiger partial charge is 0.550 e. The average Bonchev–Trinajstić information content (AvgIpc) is 2.69. The maximum Gasteiger partial charge on any atom is 0.338 e. The fraction of sp³-hybridized carbons (Fsp3) is 0.455. The fourth-order valence-electron chi connectivity index (χ4n) is 3.42. The zero-order valence-corrected chi connectivity index (χ0v) is 17.6. The van der Waals surface area contributed by atoms with Crippen LogP contribution in [-0.2, 0) is 19.1 Å². The minimum Gasteiger partial charge on any atom is -0.550 e. The Morgan fingerprint density at radius 1 is 0.900 bits per heavy atom. The third-order valence-electron chi connectivity index (χ3n) is 5.13. The van der Waals surface area contributed by atoms with Crippen LogP contribution in [0.4, 0.5) is 5.69 Å². The van der Waals surface area contributed by atoms with E-state index in [2.05, 4.69) is 5.32 Å². The number of ether oxygens (including phenoxy) is 2. The highest BCUT2D eigenvalue weighted by Crippen LogP contribution is 2.34. The van der Waals surface area contributed by atoms with Gasteiger partial charge in [-0.3, -0.25) is 4.79 Å². The van der Waals surface area contributed by atoms with E-state index < -0.39 is 35.7 Å². The molecule has 1 aromatic carbocycles. The smallest absolute Gasteiger partial charge is 0.338 e. The lowest BCUT2D eigenvalue weighted by Gasteiger charge is -2.32. The second-order valence-electron chi connectivity index (χ2n) is 7.23. The Morgan fingerprint density at radius 3 is 1.80 bits per heavy atom. The van der Waals surface area contributed by atoms with Crippen molar-refractivity contribution in [2.75, 3.05) is 18.5 Å². The molecule has 0 bridgehead atoms. The molecule has 0 radical (unpaired) electrons. The van der Waals surface area contributed by atoms with Crippen molar-refractivity contribution in [3.05, 3.63) is 40.5 Å². The third kappa shape index (κ3) is 5.46. The average molecular weight is 416 g/mol. The third-order valence-corrected chi connectivity index (χ3v) is 5.13. The first-order valence-electron chi connectivity index (χ1n) is 9.84. The van der Waals surface area contributed by atoms with Crippen LogP contribution in [0, 0.1) is 11.8 Å². The zero-order valence-electron chi connectivity index (χ0n) is 17.6. The van der Waals surface area contributed by atoms with Crippen LogP contribution < -0.4 is 10.4 Å². The molecule has 0 aliphatic heterocycles. The molecule has 8 heteroatoms. The van der Waals surface area contributed by atoms with Crippen LogP contribution in [-0.4, -0.2) is 37.0 Å². The lowest BCUT2D eigenvalue weighted by molar-refractivity contribution is -0.313. The van der Waals surface area contributed by atoms with E-state index in [0.717, 1.165) is 11.1 Å². The van der Waals surface area contributed by atoms with Crippen molar-refractivity contribution >= 4 is 29.5 Å². The van der Waals surface area contributed by atoms with Gasteiger partial charge in [0.25, 0.3) is 0 Å². The van der Waals surface area contributed by atoms with Gasteiger partial charge in [-0.15, -0.1) is 0 Å². The molecule has 0 fully saturated rings. The summed E-state index contributed by atoms with van der Waals surface area (Å²) in [6.07, 6.45) is 0.530. The predicted octanol–water partition coefficient (Wildman–Crippen LogP) is 2.09. The molecule has 0 heterocycles. The highest BCUT2D eigenvalue weighted by Gasteiger charge is 2.33. The Morgan fingerprint density at radius 2 is 1.37 bits per heavy atom. The summed E-state index contributed by atoms with van der Waals surface area (Å²) in [5.41, 5.74) is 2.21. The highest BCUT2D eigenvalue weighted by molar-refractivity contribution is 6.00. The van der Waals surface area contributed by atoms with E-state index in [4.69, 9.17) is 9.47 Å². The van der Waals surface area contributed by atoms with Crippen molar-refractivity contribution in [1.82, 2.24) is 0 Å². The Labute approximate surface area is 175 Å². The molecular weight excluding hydrogens is 390 g/mol. The van der Waals surface area contributed by atoms with Gasteiger partial charge in [0.2, 0.25) is 5.91 Å². The number of hydrogen-bond donors (Lipinski definition) is 1. The highest BCUT2D eigenvalue weighted by atomic mass is 16.5. The topological polar surface area (TPSA) is 122 Å².